The number of carbonyl (C=O) groups is 1. The number of ketones is 1. The predicted octanol–water partition coefficient (Wildman–Crippen LogP) is 2.52. The average molecular weight is 209 g/mol. The van der Waals surface area contributed by atoms with Crippen molar-refractivity contribution in [2.75, 3.05) is 6.54 Å². The van der Waals surface area contributed by atoms with Crippen LogP contribution in [-0.4, -0.2) is 18.4 Å². The molecule has 1 heterocycles. The Hall–Kier alpha value is -0.370. The maximum absolute atomic E-state index is 12.2. The Labute approximate surface area is 92.8 Å². The third-order valence-corrected chi connectivity index (χ3v) is 4.17. The quantitative estimate of drug-likeness (QED) is 0.719. The number of Topliss-reactive ketones (excluding diaryl/α,β-unsaturated/α-hetero) is 1. The zero-order valence-corrected chi connectivity index (χ0v) is 10.0. The van der Waals surface area contributed by atoms with Crippen LogP contribution in [0.1, 0.15) is 52.4 Å². The minimum atomic E-state index is -0.0569. The molecule has 1 aliphatic heterocycles. The van der Waals surface area contributed by atoms with E-state index in [1.54, 1.807) is 0 Å². The molecule has 2 rings (SSSR count). The highest BCUT2D eigenvalue weighted by Gasteiger charge is 2.43. The largest absolute Gasteiger partial charge is 0.313 e. The van der Waals surface area contributed by atoms with Gasteiger partial charge in [0.2, 0.25) is 0 Å². The molecule has 1 N–H and O–H groups in total. The van der Waals surface area contributed by atoms with Gasteiger partial charge in [0.05, 0.1) is 0 Å². The van der Waals surface area contributed by atoms with Crippen LogP contribution in [0.2, 0.25) is 0 Å². The third kappa shape index (κ3) is 2.25. The first kappa shape index (κ1) is 11.1. The topological polar surface area (TPSA) is 29.1 Å². The predicted molar refractivity (Wildman–Crippen MR) is 61.8 cm³/mol. The maximum atomic E-state index is 12.2. The molecule has 0 radical (unpaired) electrons. The normalized spacial score (nSPS) is 36.5. The van der Waals surface area contributed by atoms with Crippen molar-refractivity contribution in [3.63, 3.8) is 0 Å². The van der Waals surface area contributed by atoms with Crippen molar-refractivity contribution >= 4 is 5.78 Å². The molecule has 2 atom stereocenters. The molecule has 0 aromatic heterocycles. The minimum absolute atomic E-state index is 0.0569. The second kappa shape index (κ2) is 4.25. The smallest absolute Gasteiger partial charge is 0.143 e. The first-order valence-corrected chi connectivity index (χ1v) is 6.39. The molecule has 1 aliphatic carbocycles. The van der Waals surface area contributed by atoms with Crippen molar-refractivity contribution < 1.29 is 4.79 Å². The second-order valence-electron chi connectivity index (χ2n) is 5.80. The van der Waals surface area contributed by atoms with Gasteiger partial charge < -0.3 is 5.32 Å². The van der Waals surface area contributed by atoms with Crippen LogP contribution in [0.3, 0.4) is 0 Å². The van der Waals surface area contributed by atoms with E-state index in [2.05, 4.69) is 19.2 Å². The molecule has 2 heteroatoms. The molecule has 0 bridgehead atoms. The standard InChI is InChI=1S/C13H23NO/c1-13(2)8-7-10(12(13)15)11-6-4-3-5-9-14-11/h10-11,14H,3-9H2,1-2H3. The monoisotopic (exact) mass is 209 g/mol. The van der Waals surface area contributed by atoms with E-state index in [1.807, 2.05) is 0 Å². The lowest BCUT2D eigenvalue weighted by molar-refractivity contribution is -0.128. The van der Waals surface area contributed by atoms with Gasteiger partial charge in [0.1, 0.15) is 5.78 Å². The van der Waals surface area contributed by atoms with E-state index in [-0.39, 0.29) is 5.41 Å². The highest BCUT2D eigenvalue weighted by Crippen LogP contribution is 2.40. The van der Waals surface area contributed by atoms with E-state index in [4.69, 9.17) is 0 Å². The summed E-state index contributed by atoms with van der Waals surface area (Å²) in [6.45, 7) is 5.31. The third-order valence-electron chi connectivity index (χ3n) is 4.17. The van der Waals surface area contributed by atoms with E-state index >= 15 is 0 Å². The lowest BCUT2D eigenvalue weighted by Gasteiger charge is -2.23. The SMILES string of the molecule is CC1(C)CCC(C2CCCCCN2)C1=O. The molecule has 0 spiro atoms. The van der Waals surface area contributed by atoms with Crippen LogP contribution in [0.25, 0.3) is 0 Å². The van der Waals surface area contributed by atoms with Gasteiger partial charge in [-0.2, -0.15) is 0 Å². The van der Waals surface area contributed by atoms with Gasteiger partial charge in [0.15, 0.2) is 0 Å². The molecule has 1 saturated carbocycles. The summed E-state index contributed by atoms with van der Waals surface area (Å²) in [5.41, 5.74) is -0.0569. The zero-order valence-electron chi connectivity index (χ0n) is 10.0. The molecule has 2 unspecified atom stereocenters. The van der Waals surface area contributed by atoms with Crippen molar-refractivity contribution in [3.8, 4) is 0 Å². The fourth-order valence-corrected chi connectivity index (χ4v) is 3.06. The Bertz CT molecular complexity index is 239. The van der Waals surface area contributed by atoms with E-state index in [1.165, 1.54) is 25.7 Å². The van der Waals surface area contributed by atoms with E-state index < -0.39 is 0 Å². The molecule has 86 valence electrons. The fourth-order valence-electron chi connectivity index (χ4n) is 3.06. The Kier molecular flexibility index (Phi) is 3.15. The maximum Gasteiger partial charge on any atom is 0.143 e. The Morgan fingerprint density at radius 1 is 1.20 bits per heavy atom. The lowest BCUT2D eigenvalue weighted by atomic mass is 9.86. The van der Waals surface area contributed by atoms with Gasteiger partial charge in [-0.3, -0.25) is 4.79 Å². The van der Waals surface area contributed by atoms with Crippen LogP contribution in [0, 0.1) is 11.3 Å². The molecular formula is C13H23NO. The molecule has 0 aromatic rings. The minimum Gasteiger partial charge on any atom is -0.313 e. The molecular weight excluding hydrogens is 186 g/mol. The summed E-state index contributed by atoms with van der Waals surface area (Å²) in [5.74, 6) is 0.806. The Morgan fingerprint density at radius 3 is 2.67 bits per heavy atom. The first-order chi connectivity index (χ1) is 7.11. The number of hydrogen-bond donors (Lipinski definition) is 1. The van der Waals surface area contributed by atoms with Crippen molar-refractivity contribution in [2.24, 2.45) is 11.3 Å². The van der Waals surface area contributed by atoms with E-state index in [0.717, 1.165) is 19.4 Å². The molecule has 2 fully saturated rings. The van der Waals surface area contributed by atoms with Gasteiger partial charge >= 0.3 is 0 Å². The van der Waals surface area contributed by atoms with Gasteiger partial charge in [-0.25, -0.2) is 0 Å². The summed E-state index contributed by atoms with van der Waals surface area (Å²) in [5, 5.41) is 3.57. The number of rotatable bonds is 1. The van der Waals surface area contributed by atoms with Crippen molar-refractivity contribution in [3.05, 3.63) is 0 Å². The van der Waals surface area contributed by atoms with Crippen molar-refractivity contribution in [2.45, 2.75) is 58.4 Å². The summed E-state index contributed by atoms with van der Waals surface area (Å²) in [6.07, 6.45) is 7.28. The average Bonchev–Trinajstić information content (AvgIpc) is 2.46. The fraction of sp³-hybridized carbons (Fsp3) is 0.923. The highest BCUT2D eigenvalue weighted by atomic mass is 16.1. The molecule has 0 amide bonds. The first-order valence-electron chi connectivity index (χ1n) is 6.39. The second-order valence-corrected chi connectivity index (χ2v) is 5.80. The van der Waals surface area contributed by atoms with Crippen LogP contribution < -0.4 is 5.32 Å². The van der Waals surface area contributed by atoms with Gasteiger partial charge in [0.25, 0.3) is 0 Å². The van der Waals surface area contributed by atoms with E-state index in [9.17, 15) is 4.79 Å². The highest BCUT2D eigenvalue weighted by molar-refractivity contribution is 5.88. The molecule has 0 aromatic carbocycles. The van der Waals surface area contributed by atoms with Gasteiger partial charge in [-0.15, -0.1) is 0 Å². The Balaban J connectivity index is 2.01. The molecule has 15 heavy (non-hydrogen) atoms. The number of nitrogens with one attached hydrogen (secondary N) is 1. The van der Waals surface area contributed by atoms with Crippen molar-refractivity contribution in [1.29, 1.82) is 0 Å². The number of hydrogen-bond acceptors (Lipinski definition) is 2. The van der Waals surface area contributed by atoms with Crippen LogP contribution >= 0.6 is 0 Å². The van der Waals surface area contributed by atoms with Crippen LogP contribution in [-0.2, 0) is 4.79 Å². The lowest BCUT2D eigenvalue weighted by Crippen LogP contribution is -2.39. The summed E-state index contributed by atoms with van der Waals surface area (Å²) in [4.78, 5) is 12.2. The molecule has 2 nitrogen and oxygen atoms in total. The van der Waals surface area contributed by atoms with E-state index in [0.29, 0.717) is 17.7 Å². The zero-order chi connectivity index (χ0) is 10.9. The summed E-state index contributed by atoms with van der Waals surface area (Å²) >= 11 is 0. The summed E-state index contributed by atoms with van der Waals surface area (Å²) in [6, 6.07) is 0.474. The van der Waals surface area contributed by atoms with Gasteiger partial charge in [-0.1, -0.05) is 26.7 Å². The number of carbonyl (C=O) groups excluding carboxylic acids is 1. The van der Waals surface area contributed by atoms with Gasteiger partial charge in [0, 0.05) is 17.4 Å². The van der Waals surface area contributed by atoms with Crippen molar-refractivity contribution in [1.82, 2.24) is 5.32 Å². The van der Waals surface area contributed by atoms with Crippen LogP contribution in [0.5, 0.6) is 0 Å². The van der Waals surface area contributed by atoms with Crippen LogP contribution in [0.4, 0.5) is 0 Å². The Morgan fingerprint density at radius 2 is 2.00 bits per heavy atom. The van der Waals surface area contributed by atoms with Gasteiger partial charge in [-0.05, 0) is 32.2 Å². The summed E-state index contributed by atoms with van der Waals surface area (Å²) < 4.78 is 0. The van der Waals surface area contributed by atoms with Crippen LogP contribution in [0.15, 0.2) is 0 Å². The summed E-state index contributed by atoms with van der Waals surface area (Å²) in [7, 11) is 0. The molecule has 1 saturated heterocycles. The molecule has 2 aliphatic rings.